The average molecular weight is 464 g/mol. The van der Waals surface area contributed by atoms with Crippen LogP contribution in [0.1, 0.15) is 34.7 Å². The van der Waals surface area contributed by atoms with Crippen molar-refractivity contribution in [2.24, 2.45) is 0 Å². The number of fused-ring (bicyclic) bond motifs is 1. The monoisotopic (exact) mass is 463 g/mol. The van der Waals surface area contributed by atoms with Crippen molar-refractivity contribution >= 4 is 17.7 Å². The molecule has 176 valence electrons. The quantitative estimate of drug-likeness (QED) is 0.548. The molecule has 2 N–H and O–H groups in total. The molecule has 0 fully saturated rings. The number of phenols is 1. The van der Waals surface area contributed by atoms with Crippen LogP contribution in [0.5, 0.6) is 17.2 Å². The molecule has 2 heterocycles. The van der Waals surface area contributed by atoms with Crippen molar-refractivity contribution in [3.63, 3.8) is 0 Å². The number of hydrogen-bond acceptors (Lipinski definition) is 6. The van der Waals surface area contributed by atoms with Crippen molar-refractivity contribution in [3.05, 3.63) is 82.9 Å². The Hall–Kier alpha value is -4.07. The van der Waals surface area contributed by atoms with E-state index in [1.807, 2.05) is 30.2 Å². The third-order valence-corrected chi connectivity index (χ3v) is 5.89. The number of nitrogens with zero attached hydrogens (tertiary/aromatic N) is 2. The molecule has 1 amide bonds. The lowest BCUT2D eigenvalue weighted by Gasteiger charge is -2.23. The number of phenolic OH excluding ortho intramolecular Hbond substituents is 1. The lowest BCUT2D eigenvalue weighted by molar-refractivity contribution is -0.122. The van der Waals surface area contributed by atoms with Crippen LogP contribution >= 0.6 is 0 Å². The van der Waals surface area contributed by atoms with Gasteiger partial charge in [0.25, 0.3) is 0 Å². The lowest BCUT2D eigenvalue weighted by atomic mass is 10.0. The summed E-state index contributed by atoms with van der Waals surface area (Å²) in [6.45, 7) is 0.370. The smallest absolute Gasteiger partial charge is 0.222 e. The molecule has 1 aliphatic heterocycles. The average Bonchev–Trinajstić information content (AvgIpc) is 3.09. The van der Waals surface area contributed by atoms with Gasteiger partial charge < -0.3 is 24.8 Å². The Morgan fingerprint density at radius 3 is 2.59 bits per heavy atom. The van der Waals surface area contributed by atoms with Crippen LogP contribution in [0.4, 0.5) is 4.39 Å². The number of nitrogens with one attached hydrogen (secondary N) is 1. The Labute approximate surface area is 197 Å². The van der Waals surface area contributed by atoms with Gasteiger partial charge in [0.05, 0.1) is 26.7 Å². The number of carbonyl (C=O) groups excluding carboxylic acids is 1. The number of carbonyl (C=O) groups is 1. The van der Waals surface area contributed by atoms with Crippen molar-refractivity contribution in [1.29, 1.82) is 0 Å². The zero-order valence-electron chi connectivity index (χ0n) is 19.2. The molecule has 1 atom stereocenters. The molecule has 1 aliphatic rings. The number of methoxy groups -OCH3 is 2. The molecule has 1 aromatic heterocycles. The number of amides is 1. The molecule has 0 saturated carbocycles. The van der Waals surface area contributed by atoms with Crippen molar-refractivity contribution in [3.8, 4) is 17.2 Å². The third kappa shape index (κ3) is 4.66. The maximum atomic E-state index is 14.2. The fraction of sp³-hybridized carbons (Fsp3) is 0.231. The van der Waals surface area contributed by atoms with Gasteiger partial charge in [0.1, 0.15) is 5.82 Å². The molecule has 4 rings (SSSR count). The van der Waals surface area contributed by atoms with Crippen LogP contribution in [0.25, 0.3) is 11.8 Å². The highest BCUT2D eigenvalue weighted by atomic mass is 19.1. The predicted molar refractivity (Wildman–Crippen MR) is 127 cm³/mol. The van der Waals surface area contributed by atoms with Gasteiger partial charge in [-0.1, -0.05) is 6.07 Å². The summed E-state index contributed by atoms with van der Waals surface area (Å²) < 4.78 is 24.7. The molecule has 2 aromatic carbocycles. The second-order valence-corrected chi connectivity index (χ2v) is 8.00. The number of pyridine rings is 1. The topological polar surface area (TPSA) is 83.9 Å². The number of ether oxygens (including phenoxy) is 2. The number of halogens is 1. The number of rotatable bonds is 7. The lowest BCUT2D eigenvalue weighted by Crippen LogP contribution is -2.28. The van der Waals surface area contributed by atoms with E-state index in [0.29, 0.717) is 6.54 Å². The molecule has 0 saturated heterocycles. The first-order chi connectivity index (χ1) is 16.4. The standard InChI is InChI=1S/C26H26FN3O4/c1-30-21(9-17-10-23(33-2)26(32)24(11-17)34-3)19-7-6-18(27)12-20(19)22(30)13-25(31)29-15-16-5-4-8-28-14-16/h4-12,14,22,32H,13,15H2,1-3H3,(H,29,31)/b21-9+. The third-order valence-electron chi connectivity index (χ3n) is 5.89. The SMILES string of the molecule is COc1cc(/C=C2\c3ccc(F)cc3C(CC(=O)NCc3cccnc3)N2C)cc(OC)c1O. The van der Waals surface area contributed by atoms with Crippen LogP contribution in [-0.2, 0) is 11.3 Å². The predicted octanol–water partition coefficient (Wildman–Crippen LogP) is 4.13. The van der Waals surface area contributed by atoms with Crippen LogP contribution in [0.15, 0.2) is 54.9 Å². The molecule has 0 bridgehead atoms. The Morgan fingerprint density at radius 2 is 1.94 bits per heavy atom. The summed E-state index contributed by atoms with van der Waals surface area (Å²) in [5.41, 5.74) is 4.01. The maximum absolute atomic E-state index is 14.2. The number of benzene rings is 2. The van der Waals surface area contributed by atoms with Gasteiger partial charge in [0, 0.05) is 37.2 Å². The van der Waals surface area contributed by atoms with Gasteiger partial charge in [0.2, 0.25) is 11.7 Å². The summed E-state index contributed by atoms with van der Waals surface area (Å²) in [4.78, 5) is 18.8. The Bertz CT molecular complexity index is 1200. The van der Waals surface area contributed by atoms with E-state index in [4.69, 9.17) is 9.47 Å². The zero-order chi connectivity index (χ0) is 24.2. The summed E-state index contributed by atoms with van der Waals surface area (Å²) in [6, 6.07) is 11.3. The van der Waals surface area contributed by atoms with Crippen molar-refractivity contribution in [2.75, 3.05) is 21.3 Å². The van der Waals surface area contributed by atoms with Crippen LogP contribution in [0, 0.1) is 5.82 Å². The van der Waals surface area contributed by atoms with Crippen molar-refractivity contribution in [1.82, 2.24) is 15.2 Å². The fourth-order valence-electron chi connectivity index (χ4n) is 4.14. The van der Waals surface area contributed by atoms with Gasteiger partial charge in [-0.15, -0.1) is 0 Å². The van der Waals surface area contributed by atoms with Crippen LogP contribution in [0.2, 0.25) is 0 Å². The summed E-state index contributed by atoms with van der Waals surface area (Å²) in [5.74, 6) is -0.0418. The van der Waals surface area contributed by atoms with E-state index in [2.05, 4.69) is 10.3 Å². The van der Waals surface area contributed by atoms with E-state index in [0.717, 1.165) is 28.0 Å². The minimum absolute atomic E-state index is 0.0856. The highest BCUT2D eigenvalue weighted by Gasteiger charge is 2.33. The summed E-state index contributed by atoms with van der Waals surface area (Å²) in [6.07, 6.45) is 5.44. The zero-order valence-corrected chi connectivity index (χ0v) is 19.2. The van der Waals surface area contributed by atoms with E-state index in [-0.39, 0.29) is 41.4 Å². The van der Waals surface area contributed by atoms with E-state index < -0.39 is 0 Å². The Balaban J connectivity index is 1.63. The maximum Gasteiger partial charge on any atom is 0.222 e. The van der Waals surface area contributed by atoms with E-state index in [9.17, 15) is 14.3 Å². The molecule has 3 aromatic rings. The van der Waals surface area contributed by atoms with Crippen LogP contribution in [0.3, 0.4) is 0 Å². The fourth-order valence-corrected chi connectivity index (χ4v) is 4.14. The molecular weight excluding hydrogens is 437 g/mol. The molecule has 34 heavy (non-hydrogen) atoms. The van der Waals surface area contributed by atoms with Gasteiger partial charge >= 0.3 is 0 Å². The first-order valence-electron chi connectivity index (χ1n) is 10.8. The Morgan fingerprint density at radius 1 is 1.21 bits per heavy atom. The van der Waals surface area contributed by atoms with Gasteiger partial charge in [-0.2, -0.15) is 0 Å². The first kappa shape index (κ1) is 23.1. The van der Waals surface area contributed by atoms with Gasteiger partial charge in [-0.25, -0.2) is 4.39 Å². The highest BCUT2D eigenvalue weighted by molar-refractivity contribution is 5.87. The van der Waals surface area contributed by atoms with E-state index in [1.165, 1.54) is 26.4 Å². The van der Waals surface area contributed by atoms with Crippen LogP contribution < -0.4 is 14.8 Å². The largest absolute Gasteiger partial charge is 0.502 e. The molecule has 0 spiro atoms. The molecule has 0 radical (unpaired) electrons. The minimum Gasteiger partial charge on any atom is -0.502 e. The number of aromatic hydroxyl groups is 1. The highest BCUT2D eigenvalue weighted by Crippen LogP contribution is 2.44. The van der Waals surface area contributed by atoms with Crippen LogP contribution in [-0.4, -0.2) is 42.2 Å². The molecule has 8 heteroatoms. The van der Waals surface area contributed by atoms with E-state index in [1.54, 1.807) is 30.6 Å². The minimum atomic E-state index is -0.359. The second-order valence-electron chi connectivity index (χ2n) is 8.00. The molecule has 7 nitrogen and oxygen atoms in total. The summed E-state index contributed by atoms with van der Waals surface area (Å²) >= 11 is 0. The number of hydrogen-bond donors (Lipinski definition) is 2. The van der Waals surface area contributed by atoms with Gasteiger partial charge in [0.15, 0.2) is 11.5 Å². The molecular formula is C26H26FN3O4. The summed E-state index contributed by atoms with van der Waals surface area (Å²) in [5, 5.41) is 13.1. The molecule has 1 unspecified atom stereocenters. The van der Waals surface area contributed by atoms with E-state index >= 15 is 0 Å². The van der Waals surface area contributed by atoms with Crippen molar-refractivity contribution < 1.29 is 23.8 Å². The molecule has 0 aliphatic carbocycles. The van der Waals surface area contributed by atoms with Gasteiger partial charge in [-0.3, -0.25) is 9.78 Å². The first-order valence-corrected chi connectivity index (χ1v) is 10.8. The summed E-state index contributed by atoms with van der Waals surface area (Å²) in [7, 11) is 4.80. The normalized spacial score (nSPS) is 15.8. The number of aromatic nitrogens is 1. The van der Waals surface area contributed by atoms with Gasteiger partial charge in [-0.05, 0) is 59.2 Å². The van der Waals surface area contributed by atoms with Crippen molar-refractivity contribution in [2.45, 2.75) is 19.0 Å². The Kier molecular flexibility index (Phi) is 6.67. The second kappa shape index (κ2) is 9.82.